The molecule has 21 heavy (non-hydrogen) atoms. The monoisotopic (exact) mass is 305 g/mol. The number of hydrogen-bond acceptors (Lipinski definition) is 3. The highest BCUT2D eigenvalue weighted by atomic mass is 32.1. The molecule has 2 aromatic carbocycles. The Morgan fingerprint density at radius 2 is 1.95 bits per heavy atom. The predicted molar refractivity (Wildman–Crippen MR) is 84.3 cm³/mol. The Morgan fingerprint density at radius 1 is 1.19 bits per heavy atom. The number of anilines is 1. The quantitative estimate of drug-likeness (QED) is 0.799. The van der Waals surface area contributed by atoms with E-state index in [9.17, 15) is 9.18 Å². The number of amides is 1. The van der Waals surface area contributed by atoms with Crippen LogP contribution in [0.4, 0.5) is 10.1 Å². The third kappa shape index (κ3) is 5.11. The van der Waals surface area contributed by atoms with E-state index < -0.39 is 0 Å². The molecule has 110 valence electrons. The first kappa shape index (κ1) is 15.4. The van der Waals surface area contributed by atoms with Gasteiger partial charge in [0, 0.05) is 12.1 Å². The summed E-state index contributed by atoms with van der Waals surface area (Å²) in [5, 5.41) is 2.80. The molecule has 0 aliphatic rings. The van der Waals surface area contributed by atoms with Gasteiger partial charge < -0.3 is 10.1 Å². The summed E-state index contributed by atoms with van der Waals surface area (Å²) in [5.74, 6) is 0.748. The van der Waals surface area contributed by atoms with Gasteiger partial charge in [0.05, 0.1) is 0 Å². The van der Waals surface area contributed by atoms with Crippen LogP contribution in [-0.4, -0.2) is 11.7 Å². The minimum Gasteiger partial charge on any atom is -0.489 e. The van der Waals surface area contributed by atoms with Gasteiger partial charge in [-0.15, -0.1) is 0 Å². The molecule has 1 N–H and O–H groups in total. The first-order valence-corrected chi connectivity index (χ1v) is 7.18. The van der Waals surface area contributed by atoms with Crippen molar-refractivity contribution in [3.05, 3.63) is 59.9 Å². The molecule has 0 atom stereocenters. The maximum Gasteiger partial charge on any atom is 0.225 e. The van der Waals surface area contributed by atoms with Crippen molar-refractivity contribution in [2.45, 2.75) is 13.0 Å². The SMILES string of the molecule is O=C(CCS)Nc1cccc(COc2ccc(F)cc2)c1. The van der Waals surface area contributed by atoms with Gasteiger partial charge in [0.2, 0.25) is 5.91 Å². The van der Waals surface area contributed by atoms with Crippen LogP contribution < -0.4 is 10.1 Å². The smallest absolute Gasteiger partial charge is 0.225 e. The van der Waals surface area contributed by atoms with E-state index in [2.05, 4.69) is 17.9 Å². The van der Waals surface area contributed by atoms with Crippen LogP contribution in [-0.2, 0) is 11.4 Å². The largest absolute Gasteiger partial charge is 0.489 e. The molecule has 0 bridgehead atoms. The maximum absolute atomic E-state index is 12.8. The second kappa shape index (κ2) is 7.69. The fourth-order valence-corrected chi connectivity index (χ4v) is 1.96. The van der Waals surface area contributed by atoms with Crippen molar-refractivity contribution >= 4 is 24.2 Å². The summed E-state index contributed by atoms with van der Waals surface area (Å²) in [4.78, 5) is 11.5. The van der Waals surface area contributed by atoms with Crippen molar-refractivity contribution in [3.8, 4) is 5.75 Å². The molecule has 0 heterocycles. The normalized spacial score (nSPS) is 10.2. The van der Waals surface area contributed by atoms with E-state index in [1.165, 1.54) is 12.1 Å². The second-order valence-corrected chi connectivity index (χ2v) is 4.91. The minimum absolute atomic E-state index is 0.0680. The molecule has 0 saturated carbocycles. The van der Waals surface area contributed by atoms with E-state index in [0.29, 0.717) is 24.5 Å². The Balaban J connectivity index is 1.94. The highest BCUT2D eigenvalue weighted by Crippen LogP contribution is 2.16. The average Bonchev–Trinajstić information content (AvgIpc) is 2.47. The van der Waals surface area contributed by atoms with E-state index in [4.69, 9.17) is 4.74 Å². The molecular weight excluding hydrogens is 289 g/mol. The van der Waals surface area contributed by atoms with Crippen LogP contribution in [0, 0.1) is 5.82 Å². The zero-order chi connectivity index (χ0) is 15.1. The van der Waals surface area contributed by atoms with Gasteiger partial charge in [-0.1, -0.05) is 12.1 Å². The molecule has 2 aromatic rings. The number of thiol groups is 1. The van der Waals surface area contributed by atoms with Gasteiger partial charge >= 0.3 is 0 Å². The van der Waals surface area contributed by atoms with Crippen LogP contribution in [0.5, 0.6) is 5.75 Å². The van der Waals surface area contributed by atoms with Crippen molar-refractivity contribution in [1.29, 1.82) is 0 Å². The Morgan fingerprint density at radius 3 is 2.67 bits per heavy atom. The van der Waals surface area contributed by atoms with Crippen molar-refractivity contribution in [2.75, 3.05) is 11.1 Å². The number of hydrogen-bond donors (Lipinski definition) is 2. The van der Waals surface area contributed by atoms with Gasteiger partial charge in [-0.05, 0) is 47.7 Å². The lowest BCUT2D eigenvalue weighted by atomic mass is 10.2. The molecule has 3 nitrogen and oxygen atoms in total. The third-order valence-electron chi connectivity index (χ3n) is 2.77. The molecule has 0 aliphatic carbocycles. The molecule has 0 radical (unpaired) electrons. The number of carbonyl (C=O) groups excluding carboxylic acids is 1. The summed E-state index contributed by atoms with van der Waals surface area (Å²) in [7, 11) is 0. The van der Waals surface area contributed by atoms with E-state index >= 15 is 0 Å². The number of rotatable bonds is 6. The summed E-state index contributed by atoms with van der Waals surface area (Å²) in [6, 6.07) is 13.3. The number of nitrogens with one attached hydrogen (secondary N) is 1. The van der Waals surface area contributed by atoms with Crippen molar-refractivity contribution in [2.24, 2.45) is 0 Å². The Kier molecular flexibility index (Phi) is 5.63. The van der Waals surface area contributed by atoms with Crippen molar-refractivity contribution in [3.63, 3.8) is 0 Å². The average molecular weight is 305 g/mol. The number of halogens is 1. The van der Waals surface area contributed by atoms with Gasteiger partial charge in [0.15, 0.2) is 0 Å². The van der Waals surface area contributed by atoms with Crippen LogP contribution in [0.1, 0.15) is 12.0 Å². The van der Waals surface area contributed by atoms with Gasteiger partial charge in [0.1, 0.15) is 18.2 Å². The topological polar surface area (TPSA) is 38.3 Å². The second-order valence-electron chi connectivity index (χ2n) is 4.46. The van der Waals surface area contributed by atoms with Gasteiger partial charge in [-0.25, -0.2) is 4.39 Å². The minimum atomic E-state index is -0.295. The van der Waals surface area contributed by atoms with Crippen LogP contribution in [0.2, 0.25) is 0 Å². The fraction of sp³-hybridized carbons (Fsp3) is 0.188. The molecule has 0 spiro atoms. The maximum atomic E-state index is 12.8. The molecule has 2 rings (SSSR count). The van der Waals surface area contributed by atoms with Gasteiger partial charge in [-0.2, -0.15) is 12.6 Å². The summed E-state index contributed by atoms with van der Waals surface area (Å²) >= 11 is 4.02. The Bertz CT molecular complexity index is 601. The molecule has 1 amide bonds. The third-order valence-corrected chi connectivity index (χ3v) is 2.99. The highest BCUT2D eigenvalue weighted by molar-refractivity contribution is 7.80. The number of benzene rings is 2. The lowest BCUT2D eigenvalue weighted by molar-refractivity contribution is -0.115. The van der Waals surface area contributed by atoms with Crippen LogP contribution in [0.25, 0.3) is 0 Å². The Labute approximate surface area is 128 Å². The molecule has 0 aliphatic heterocycles. The standard InChI is InChI=1S/C16H16FNO2S/c17-13-4-6-15(7-5-13)20-11-12-2-1-3-14(10-12)18-16(19)8-9-21/h1-7,10,21H,8-9,11H2,(H,18,19). The molecule has 0 unspecified atom stereocenters. The van der Waals surface area contributed by atoms with Crippen molar-refractivity contribution in [1.82, 2.24) is 0 Å². The van der Waals surface area contributed by atoms with Crippen molar-refractivity contribution < 1.29 is 13.9 Å². The zero-order valence-corrected chi connectivity index (χ0v) is 12.3. The predicted octanol–water partition coefficient (Wildman–Crippen LogP) is 3.66. The lowest BCUT2D eigenvalue weighted by Gasteiger charge is -2.09. The molecule has 0 fully saturated rings. The molecular formula is C16H16FNO2S. The molecule has 0 saturated heterocycles. The Hall–Kier alpha value is -2.01. The number of ether oxygens (including phenoxy) is 1. The fourth-order valence-electron chi connectivity index (χ4n) is 1.76. The lowest BCUT2D eigenvalue weighted by Crippen LogP contribution is -2.11. The van der Waals surface area contributed by atoms with Gasteiger partial charge in [0.25, 0.3) is 0 Å². The van der Waals surface area contributed by atoms with E-state index in [1.54, 1.807) is 12.1 Å². The highest BCUT2D eigenvalue weighted by Gasteiger charge is 2.02. The summed E-state index contributed by atoms with van der Waals surface area (Å²) < 4.78 is 18.3. The summed E-state index contributed by atoms with van der Waals surface area (Å²) in [6.07, 6.45) is 0.374. The first-order valence-electron chi connectivity index (χ1n) is 6.55. The number of carbonyl (C=O) groups is 1. The van der Waals surface area contributed by atoms with E-state index in [-0.39, 0.29) is 11.7 Å². The van der Waals surface area contributed by atoms with E-state index in [0.717, 1.165) is 11.3 Å². The van der Waals surface area contributed by atoms with Crippen LogP contribution >= 0.6 is 12.6 Å². The summed E-state index contributed by atoms with van der Waals surface area (Å²) in [5.41, 5.74) is 1.64. The molecule has 0 aromatic heterocycles. The first-order chi connectivity index (χ1) is 10.2. The molecule has 5 heteroatoms. The van der Waals surface area contributed by atoms with E-state index in [1.807, 2.05) is 24.3 Å². The summed E-state index contributed by atoms with van der Waals surface area (Å²) in [6.45, 7) is 0.349. The zero-order valence-electron chi connectivity index (χ0n) is 11.4. The van der Waals surface area contributed by atoms with Crippen LogP contribution in [0.3, 0.4) is 0 Å². The van der Waals surface area contributed by atoms with Crippen LogP contribution in [0.15, 0.2) is 48.5 Å². The van der Waals surface area contributed by atoms with Gasteiger partial charge in [-0.3, -0.25) is 4.79 Å².